The first-order valence-corrected chi connectivity index (χ1v) is 6.75. The van der Waals surface area contributed by atoms with Crippen LogP contribution in [0, 0.1) is 5.41 Å². The molecule has 0 aliphatic carbocycles. The monoisotopic (exact) mass is 264 g/mol. The quantitative estimate of drug-likeness (QED) is 0.382. The number of hydrogen-bond donors (Lipinski definition) is 1. The largest absolute Gasteiger partial charge is 0.480 e. The minimum atomic E-state index is 0.0265. The number of thioether (sulfide) groups is 1. The Balaban J connectivity index is 2.67. The van der Waals surface area contributed by atoms with Gasteiger partial charge in [0, 0.05) is 0 Å². The first-order valence-electron chi connectivity index (χ1n) is 4.61. The van der Waals surface area contributed by atoms with Gasteiger partial charge in [0.05, 0.1) is 12.1 Å². The van der Waals surface area contributed by atoms with Crippen molar-refractivity contribution in [2.24, 2.45) is 0 Å². The van der Waals surface area contributed by atoms with Crippen molar-refractivity contribution in [1.29, 1.82) is 5.41 Å². The summed E-state index contributed by atoms with van der Waals surface area (Å²) in [6.07, 6.45) is 2.33. The minimum absolute atomic E-state index is 0.0265. The van der Waals surface area contributed by atoms with Gasteiger partial charge in [-0.3, -0.25) is 5.41 Å². The molecule has 0 amide bonds. The van der Waals surface area contributed by atoms with Gasteiger partial charge in [0.2, 0.25) is 5.90 Å². The lowest BCUT2D eigenvalue weighted by molar-refractivity contribution is 0.400. The zero-order chi connectivity index (χ0) is 11.3. The number of halogens is 1. The summed E-state index contributed by atoms with van der Waals surface area (Å²) in [7, 11) is 1.45. The van der Waals surface area contributed by atoms with E-state index >= 15 is 0 Å². The Kier molecular flexibility index (Phi) is 5.42. The van der Waals surface area contributed by atoms with Crippen molar-refractivity contribution in [3.8, 4) is 0 Å². The third kappa shape index (κ3) is 3.36. The molecule has 0 aliphatic heterocycles. The SMILES string of the molecule is CCCCSc1snc(C(=N)OC)c1Cl. The molecule has 6 heteroatoms. The first-order chi connectivity index (χ1) is 7.20. The summed E-state index contributed by atoms with van der Waals surface area (Å²) in [5, 5.41) is 8.02. The number of ether oxygens (including phenoxy) is 1. The molecule has 0 unspecified atom stereocenters. The molecule has 0 bridgehead atoms. The fourth-order valence-corrected chi connectivity index (χ4v) is 3.29. The second kappa shape index (κ2) is 6.35. The van der Waals surface area contributed by atoms with Crippen molar-refractivity contribution < 1.29 is 4.74 Å². The number of rotatable bonds is 5. The first kappa shape index (κ1) is 12.8. The standard InChI is InChI=1S/C9H13ClN2OS2/c1-3-4-5-14-9-6(10)7(12-15-9)8(11)13-2/h11H,3-5H2,1-2H3. The van der Waals surface area contributed by atoms with Crippen LogP contribution in [0.25, 0.3) is 0 Å². The highest BCUT2D eigenvalue weighted by Crippen LogP contribution is 2.34. The third-order valence-electron chi connectivity index (χ3n) is 1.76. The lowest BCUT2D eigenvalue weighted by atomic mass is 10.4. The Morgan fingerprint density at radius 1 is 1.67 bits per heavy atom. The number of hydrogen-bond acceptors (Lipinski definition) is 5. The van der Waals surface area contributed by atoms with E-state index in [2.05, 4.69) is 11.3 Å². The average Bonchev–Trinajstić information content (AvgIpc) is 2.60. The van der Waals surface area contributed by atoms with Crippen molar-refractivity contribution in [2.75, 3.05) is 12.9 Å². The number of methoxy groups -OCH3 is 1. The molecule has 0 spiro atoms. The summed E-state index contributed by atoms with van der Waals surface area (Å²) >= 11 is 9.11. The summed E-state index contributed by atoms with van der Waals surface area (Å²) < 4.78 is 9.87. The van der Waals surface area contributed by atoms with E-state index in [1.54, 1.807) is 11.8 Å². The van der Waals surface area contributed by atoms with E-state index in [0.29, 0.717) is 10.7 Å². The lowest BCUT2D eigenvalue weighted by Gasteiger charge is -1.99. The highest BCUT2D eigenvalue weighted by molar-refractivity contribution is 8.01. The van der Waals surface area contributed by atoms with E-state index in [-0.39, 0.29) is 5.90 Å². The van der Waals surface area contributed by atoms with Crippen LogP contribution in [0.1, 0.15) is 25.5 Å². The van der Waals surface area contributed by atoms with Gasteiger partial charge in [0.25, 0.3) is 0 Å². The van der Waals surface area contributed by atoms with Crippen LogP contribution in [-0.4, -0.2) is 23.1 Å². The van der Waals surface area contributed by atoms with E-state index in [4.69, 9.17) is 21.7 Å². The number of aromatic nitrogens is 1. The number of nitrogens with one attached hydrogen (secondary N) is 1. The van der Waals surface area contributed by atoms with Crippen LogP contribution in [0.4, 0.5) is 0 Å². The van der Waals surface area contributed by atoms with Crippen LogP contribution >= 0.6 is 34.9 Å². The molecule has 1 aromatic heterocycles. The van der Waals surface area contributed by atoms with Crippen molar-refractivity contribution >= 4 is 40.8 Å². The molecular formula is C9H13ClN2OS2. The Morgan fingerprint density at radius 2 is 2.40 bits per heavy atom. The zero-order valence-corrected chi connectivity index (χ0v) is 11.1. The molecule has 3 nitrogen and oxygen atoms in total. The highest BCUT2D eigenvalue weighted by atomic mass is 35.5. The maximum absolute atomic E-state index is 7.47. The van der Waals surface area contributed by atoms with E-state index < -0.39 is 0 Å². The molecule has 0 atom stereocenters. The highest BCUT2D eigenvalue weighted by Gasteiger charge is 2.16. The van der Waals surface area contributed by atoms with Gasteiger partial charge in [-0.1, -0.05) is 24.9 Å². The van der Waals surface area contributed by atoms with Gasteiger partial charge in [-0.15, -0.1) is 11.8 Å². The lowest BCUT2D eigenvalue weighted by Crippen LogP contribution is -2.01. The van der Waals surface area contributed by atoms with Gasteiger partial charge in [-0.05, 0) is 23.7 Å². The number of nitrogens with zero attached hydrogens (tertiary/aromatic N) is 1. The van der Waals surface area contributed by atoms with Crippen LogP contribution in [0.5, 0.6) is 0 Å². The van der Waals surface area contributed by atoms with Crippen molar-refractivity contribution in [3.63, 3.8) is 0 Å². The Bertz CT molecular complexity index is 341. The summed E-state index contributed by atoms with van der Waals surface area (Å²) in [5.41, 5.74) is 0.447. The molecule has 1 aromatic rings. The van der Waals surface area contributed by atoms with E-state index in [1.807, 2.05) is 0 Å². The van der Waals surface area contributed by atoms with Crippen molar-refractivity contribution in [3.05, 3.63) is 10.7 Å². The smallest absolute Gasteiger partial charge is 0.234 e. The van der Waals surface area contributed by atoms with Crippen LogP contribution < -0.4 is 0 Å². The molecule has 0 fully saturated rings. The predicted octanol–water partition coefficient (Wildman–Crippen LogP) is 3.66. The third-order valence-corrected chi connectivity index (χ3v) is 4.53. The maximum Gasteiger partial charge on any atom is 0.234 e. The summed E-state index contributed by atoms with van der Waals surface area (Å²) in [6, 6.07) is 0. The summed E-state index contributed by atoms with van der Waals surface area (Å²) in [4.78, 5) is 0. The Morgan fingerprint density at radius 3 is 3.00 bits per heavy atom. The molecule has 0 saturated carbocycles. The summed E-state index contributed by atoms with van der Waals surface area (Å²) in [6.45, 7) is 2.15. The molecule has 84 valence electrons. The molecule has 1 rings (SSSR count). The average molecular weight is 265 g/mol. The molecule has 0 aromatic carbocycles. The minimum Gasteiger partial charge on any atom is -0.480 e. The predicted molar refractivity (Wildman–Crippen MR) is 66.6 cm³/mol. The van der Waals surface area contributed by atoms with Gasteiger partial charge in [-0.2, -0.15) is 4.37 Å². The molecule has 1 N–H and O–H groups in total. The molecule has 0 aliphatic rings. The van der Waals surface area contributed by atoms with Crippen LogP contribution in [0.3, 0.4) is 0 Å². The fraction of sp³-hybridized carbons (Fsp3) is 0.556. The topological polar surface area (TPSA) is 46.0 Å². The Hall–Kier alpha value is -0.260. The van der Waals surface area contributed by atoms with Crippen LogP contribution in [0.2, 0.25) is 5.02 Å². The van der Waals surface area contributed by atoms with E-state index in [9.17, 15) is 0 Å². The fourth-order valence-electron chi connectivity index (χ4n) is 0.901. The second-order valence-electron chi connectivity index (χ2n) is 2.87. The van der Waals surface area contributed by atoms with Crippen molar-refractivity contribution in [2.45, 2.75) is 24.0 Å². The molecular weight excluding hydrogens is 252 g/mol. The molecule has 1 heterocycles. The van der Waals surface area contributed by atoms with Gasteiger partial charge in [0.1, 0.15) is 4.21 Å². The normalized spacial score (nSPS) is 10.3. The molecule has 0 radical (unpaired) electrons. The van der Waals surface area contributed by atoms with E-state index in [0.717, 1.165) is 16.4 Å². The van der Waals surface area contributed by atoms with Gasteiger partial charge >= 0.3 is 0 Å². The zero-order valence-electron chi connectivity index (χ0n) is 8.67. The van der Waals surface area contributed by atoms with Crippen LogP contribution in [0.15, 0.2) is 4.21 Å². The van der Waals surface area contributed by atoms with Gasteiger partial charge < -0.3 is 4.74 Å². The van der Waals surface area contributed by atoms with Crippen molar-refractivity contribution in [1.82, 2.24) is 4.37 Å². The summed E-state index contributed by atoms with van der Waals surface area (Å²) in [5.74, 6) is 1.07. The molecule has 0 saturated heterocycles. The maximum atomic E-state index is 7.47. The van der Waals surface area contributed by atoms with Crippen LogP contribution in [-0.2, 0) is 4.74 Å². The van der Waals surface area contributed by atoms with E-state index in [1.165, 1.54) is 25.1 Å². The van der Waals surface area contributed by atoms with Gasteiger partial charge in [0.15, 0.2) is 5.69 Å². The van der Waals surface area contributed by atoms with Gasteiger partial charge in [-0.25, -0.2) is 0 Å². The second-order valence-corrected chi connectivity index (χ2v) is 5.38. The Labute approximate surface area is 103 Å². The number of unbranched alkanes of at least 4 members (excludes halogenated alkanes) is 1. The molecule has 15 heavy (non-hydrogen) atoms.